The van der Waals surface area contributed by atoms with E-state index in [0.29, 0.717) is 13.8 Å². The van der Waals surface area contributed by atoms with Crippen molar-refractivity contribution in [3.05, 3.63) is 0 Å². The van der Waals surface area contributed by atoms with Gasteiger partial charge in [0, 0.05) is 70.6 Å². The highest BCUT2D eigenvalue weighted by Gasteiger charge is 2.60. The van der Waals surface area contributed by atoms with Gasteiger partial charge in [-0.25, -0.2) is 0 Å². The van der Waals surface area contributed by atoms with E-state index < -0.39 is 332 Å². The van der Waals surface area contributed by atoms with E-state index >= 15 is 0 Å². The van der Waals surface area contributed by atoms with Crippen LogP contribution in [0.4, 0.5) is 0 Å². The van der Waals surface area contributed by atoms with Crippen LogP contribution in [0, 0.1) is 17.8 Å². The second-order valence-corrected chi connectivity index (χ2v) is 45.8. The highest BCUT2D eigenvalue weighted by atomic mass is 31.2. The molecule has 4 aliphatic rings. The fourth-order valence-corrected chi connectivity index (χ4v) is 21.4. The SMILES string of the molecule is CCO.CCO.CCO.CCO.CCO.CCO.CCO.CCO.C[C@@H]1[C@@H](OP(=O)([O-])[O-])[C@@H](OCCOCCOC2C(OP(=O)([O-])[O-])[C@H](OP(=O)([O-])[O-])C(OP(=O)([O-])[O-])[C@H](OP(=O)([O-])[O-])[C@H]2OP(=O)([O-])[O-])[C@@H](OP(=O)([O-])[O-])[C@H](OP(=O)([O-])[O-])[C@H]1OP(=O)([O-])[O-].C[C@@H]1[C@H](OCCOCCO[C@H]2[C@@H](OP(=O)([O-])[O-])[C@H](OP(=O)([O-])[O-])[C@@H](OP(=O)([O-])[O-])[C@H](C)[C@H]2OP(=O)([O-])[O-])[C@H](OP(=O)([O-])[O-])[C@@H](OP(=O)([O-])[O-])[C@H](OP(=O)([O-])[O-])[C@H]1OP(=O)([O-])[O-]. The first-order valence-corrected chi connectivity index (χ1v) is 64.4. The van der Waals surface area contributed by atoms with Crippen molar-refractivity contribution >= 4 is 133 Å². The van der Waals surface area contributed by atoms with Crippen LogP contribution in [-0.2, 0) is 183 Å². The number of phosphoric ester groups is 17. The van der Waals surface area contributed by atoms with Gasteiger partial charge in [0.25, 0.3) is 0 Å². The highest BCUT2D eigenvalue weighted by Crippen LogP contribution is 2.56. The lowest BCUT2D eigenvalue weighted by Crippen LogP contribution is -2.68. The molecule has 82 nitrogen and oxygen atoms in total. The van der Waals surface area contributed by atoms with Gasteiger partial charge >= 0.3 is 0 Å². The smallest absolute Gasteiger partial charge is 0.121 e. The third kappa shape index (κ3) is 80.2. The maximum atomic E-state index is 11.7. The van der Waals surface area contributed by atoms with Crippen LogP contribution >= 0.6 is 133 Å². The Kier molecular flexibility index (Phi) is 78.7. The quantitative estimate of drug-likeness (QED) is 0.0207. The molecule has 24 atom stereocenters. The maximum Gasteiger partial charge on any atom is 0.121 e. The molecule has 8 N–H and O–H groups in total. The molecular formula is C51H97O82P17-34. The first-order valence-electron chi connectivity index (χ1n) is 39.6. The maximum absolute atomic E-state index is 11.7. The van der Waals surface area contributed by atoms with E-state index in [0.717, 1.165) is 6.92 Å². The average Bonchev–Trinajstić information content (AvgIpc) is 0.769. The molecule has 0 aliphatic heterocycles. The number of rotatable bonds is 50. The summed E-state index contributed by atoms with van der Waals surface area (Å²) < 4.78 is 296. The molecular weight excluding hydrogens is 2450 g/mol. The van der Waals surface area contributed by atoms with Gasteiger partial charge in [-0.05, 0) is 55.4 Å². The van der Waals surface area contributed by atoms with Crippen molar-refractivity contribution in [2.24, 2.45) is 17.8 Å². The number of hydrogen-bond donors (Lipinski definition) is 8. The van der Waals surface area contributed by atoms with Crippen LogP contribution in [0.1, 0.15) is 76.2 Å². The fraction of sp³-hybridized carbons (Fsp3) is 1.00. The third-order valence-electron chi connectivity index (χ3n) is 15.4. The summed E-state index contributed by atoms with van der Waals surface area (Å²) in [5.41, 5.74) is 0. The molecule has 912 valence electrons. The van der Waals surface area contributed by atoms with E-state index in [1.54, 1.807) is 55.4 Å². The van der Waals surface area contributed by atoms with E-state index in [4.69, 9.17) is 69.3 Å². The summed E-state index contributed by atoms with van der Waals surface area (Å²) in [6, 6.07) is 0. The number of ether oxygens (including phenoxy) is 6. The molecule has 0 spiro atoms. The zero-order valence-electron chi connectivity index (χ0n) is 77.6. The van der Waals surface area contributed by atoms with E-state index in [2.05, 4.69) is 76.9 Å². The second kappa shape index (κ2) is 73.0. The normalized spacial score (nSPS) is 27.1. The van der Waals surface area contributed by atoms with Gasteiger partial charge in [-0.15, -0.1) is 0 Å². The molecule has 0 aromatic heterocycles. The topological polar surface area (TPSA) is 1450 Å². The van der Waals surface area contributed by atoms with Crippen LogP contribution < -0.4 is 166 Å². The molecule has 0 bridgehead atoms. The van der Waals surface area contributed by atoms with Gasteiger partial charge in [0.1, 0.15) is 91.6 Å². The van der Waals surface area contributed by atoms with Gasteiger partial charge in [-0.2, -0.15) is 0 Å². The van der Waals surface area contributed by atoms with Gasteiger partial charge in [0.2, 0.25) is 0 Å². The van der Waals surface area contributed by atoms with Crippen molar-refractivity contribution in [3.8, 4) is 0 Å². The predicted octanol–water partition coefficient (Wildman–Crippen LogP) is -28.9. The molecule has 4 saturated carbocycles. The summed E-state index contributed by atoms with van der Waals surface area (Å²) in [5, 5.41) is 60.6. The first-order chi connectivity index (χ1) is 67.1. The molecule has 0 amide bonds. The molecule has 99 heteroatoms. The molecule has 0 saturated heterocycles. The molecule has 0 aromatic carbocycles. The van der Waals surface area contributed by atoms with Crippen LogP contribution in [0.25, 0.3) is 0 Å². The van der Waals surface area contributed by atoms with Crippen LogP contribution in [-0.4, -0.2) is 275 Å². The number of aliphatic hydroxyl groups is 8. The summed E-state index contributed by atoms with van der Waals surface area (Å²) in [6.07, 6.45) is -63.0. The number of hydrogen-bond acceptors (Lipinski definition) is 82. The van der Waals surface area contributed by atoms with Crippen molar-refractivity contribution in [1.82, 2.24) is 0 Å². The molecule has 4 rings (SSSR count). The van der Waals surface area contributed by atoms with E-state index in [9.17, 15) is 244 Å². The molecule has 3 unspecified atom stereocenters. The zero-order chi connectivity index (χ0) is 120. The molecule has 0 heterocycles. The van der Waals surface area contributed by atoms with E-state index in [-0.39, 0.29) is 52.9 Å². The lowest BCUT2D eigenvalue weighted by atomic mass is 9.79. The Bertz CT molecular complexity index is 4490. The Morgan fingerprint density at radius 1 is 0.140 bits per heavy atom. The number of phosphoric acid groups is 17. The van der Waals surface area contributed by atoms with Gasteiger partial charge in [0.15, 0.2) is 0 Å². The van der Waals surface area contributed by atoms with Crippen LogP contribution in [0.15, 0.2) is 0 Å². The van der Waals surface area contributed by atoms with Crippen LogP contribution in [0.2, 0.25) is 0 Å². The van der Waals surface area contributed by atoms with E-state index in [1.807, 2.05) is 0 Å². The first kappa shape index (κ1) is 162. The number of aliphatic hydroxyl groups excluding tert-OH is 8. The minimum atomic E-state index is -6.80. The zero-order valence-corrected chi connectivity index (χ0v) is 92.8. The summed E-state index contributed by atoms with van der Waals surface area (Å²) in [4.78, 5) is 393. The lowest BCUT2D eigenvalue weighted by molar-refractivity contribution is -0.385. The van der Waals surface area contributed by atoms with Crippen molar-refractivity contribution in [3.63, 3.8) is 0 Å². The van der Waals surface area contributed by atoms with Gasteiger partial charge < -0.3 is 390 Å². The predicted molar refractivity (Wildman–Crippen MR) is 402 cm³/mol. The molecule has 4 fully saturated rings. The van der Waals surface area contributed by atoms with Crippen LogP contribution in [0.5, 0.6) is 0 Å². The Labute approximate surface area is 847 Å². The Balaban J connectivity index is -0.000000569. The molecule has 0 radical (unpaired) electrons. The fourth-order valence-electron chi connectivity index (χ4n) is 11.9. The van der Waals surface area contributed by atoms with E-state index in [1.165, 1.54) is 0 Å². The lowest BCUT2D eigenvalue weighted by Gasteiger charge is -2.56. The van der Waals surface area contributed by atoms with Crippen molar-refractivity contribution in [2.75, 3.05) is 106 Å². The van der Waals surface area contributed by atoms with Crippen LogP contribution in [0.3, 0.4) is 0 Å². The molecule has 4 aliphatic carbocycles. The van der Waals surface area contributed by atoms with Gasteiger partial charge in [-0.1, -0.05) is 20.8 Å². The van der Waals surface area contributed by atoms with Crippen molar-refractivity contribution in [1.29, 1.82) is 0 Å². The monoisotopic (exact) mass is 2550 g/mol. The Morgan fingerprint density at radius 2 is 0.213 bits per heavy atom. The highest BCUT2D eigenvalue weighted by molar-refractivity contribution is 7.47. The summed E-state index contributed by atoms with van der Waals surface area (Å²) >= 11 is 0. The summed E-state index contributed by atoms with van der Waals surface area (Å²) in [7, 11) is -111. The largest absolute Gasteiger partial charge is 0.790 e. The van der Waals surface area contributed by atoms with Gasteiger partial charge in [0.05, 0.1) is 222 Å². The van der Waals surface area contributed by atoms with Crippen molar-refractivity contribution < 1.29 is 390 Å². The standard InChI is InChI=1S/C18H42O35P8.C17H41O39P9.8C2H6O/c1-7-9(14(49-57(28,29)30)18(53-61(40,41)42)16(51-59(34,35)36)11(7)47-55(22,23)24)44-5-3-43-4-6-45-13-10(46-54(19,20)21)8(2)12(48-56(25,26)27)15(50-58(31,32)33)17(13)52-60(37,38)39;1-6-7(48-57(18,19)20)9(12(51-60(27,28)29)11(50-59(24,25)26)8(6)49-58(21,22)23)46-4-2-45-3-5-47-10-13(52-61(30,31)32)15(54-63(36,37)38)17(56-65(42,43)44)16(55-64(39,40)41)14(10)53-62(33,34)35;8*1-2-3/h7-18H,3-6H2,1-2H3,(H2,19,20,21)(H2,22,23,24)(H2,25,26,27)(H2,28,29,30)(H2,31,32,33)(H2,34,35,36)(H2,37,38,39)(H2,40,41,42);6-17H,2-5H2,1H3,(H2,18,19,20)(H2,21,22,23)(H2,24,25,26)(H2,27,28,29)(H2,30,31,32)(H2,33,34,35)(H2,36,37,38)(H2,39,40,41)(H2,42,43,44);8*3H,2H2,1H3/p-34/t7-,8-,9+,10-,11+,12+,13-,14+,15-,16-,17-,18-;6-,7-,8+,9-,10?,11-,12-,13+,14?,15-,16+,17?;;;;;;;;/m11......../s1. The van der Waals surface area contributed by atoms with Crippen molar-refractivity contribution in [2.45, 2.75) is 204 Å². The third-order valence-corrected chi connectivity index (χ3v) is 23.9. The minimum Gasteiger partial charge on any atom is -0.790 e. The minimum absolute atomic E-state index is 0.250. The summed E-state index contributed by atoms with van der Waals surface area (Å²) in [5.74, 6) is -6.38. The summed E-state index contributed by atoms with van der Waals surface area (Å²) in [6.45, 7) is 8.70. The molecule has 150 heavy (non-hydrogen) atoms. The van der Waals surface area contributed by atoms with Gasteiger partial charge in [-0.3, -0.25) is 0 Å². The average molecular weight is 2550 g/mol. The second-order valence-electron chi connectivity index (χ2n) is 27.0. The Morgan fingerprint density at radius 3 is 0.333 bits per heavy atom. The molecule has 0 aromatic rings. The Hall–Kier alpha value is 1.31.